The highest BCUT2D eigenvalue weighted by molar-refractivity contribution is 6.04. The van der Waals surface area contributed by atoms with Gasteiger partial charge in [0.15, 0.2) is 0 Å². The van der Waals surface area contributed by atoms with Gasteiger partial charge in [-0.1, -0.05) is 6.07 Å². The van der Waals surface area contributed by atoms with Crippen LogP contribution < -0.4 is 0 Å². The number of hydrogen-bond acceptors (Lipinski definition) is 3. The number of pyridine rings is 1. The molecule has 3 aromatic rings. The van der Waals surface area contributed by atoms with E-state index in [4.69, 9.17) is 4.74 Å². The molecule has 3 rings (SSSR count). The van der Waals surface area contributed by atoms with Gasteiger partial charge < -0.3 is 9.30 Å². The van der Waals surface area contributed by atoms with Gasteiger partial charge in [-0.2, -0.15) is 4.39 Å². The third-order valence-corrected chi connectivity index (χ3v) is 3.13. The van der Waals surface area contributed by atoms with Crippen molar-refractivity contribution in [1.82, 2.24) is 9.55 Å². The fourth-order valence-electron chi connectivity index (χ4n) is 2.22. The van der Waals surface area contributed by atoms with E-state index in [1.165, 1.54) is 19.4 Å². The first-order valence-corrected chi connectivity index (χ1v) is 6.01. The molecule has 100 valence electrons. The second-order valence-corrected chi connectivity index (χ2v) is 4.25. The molecule has 5 heteroatoms. The highest BCUT2D eigenvalue weighted by Gasteiger charge is 2.13. The van der Waals surface area contributed by atoms with Crippen molar-refractivity contribution in [3.63, 3.8) is 0 Å². The van der Waals surface area contributed by atoms with Crippen molar-refractivity contribution in [2.45, 2.75) is 0 Å². The van der Waals surface area contributed by atoms with Crippen LogP contribution in [0.15, 0.2) is 48.8 Å². The minimum absolute atomic E-state index is 0.394. The van der Waals surface area contributed by atoms with Crippen molar-refractivity contribution < 1.29 is 13.9 Å². The Hall–Kier alpha value is -2.69. The Morgan fingerprint density at radius 3 is 2.90 bits per heavy atom. The summed E-state index contributed by atoms with van der Waals surface area (Å²) < 4.78 is 19.8. The second-order valence-electron chi connectivity index (χ2n) is 4.25. The lowest BCUT2D eigenvalue weighted by Crippen LogP contribution is -2.01. The standard InChI is InChI=1S/C15H11FN2O2/c1-20-15(19)12-3-2-4-13-11(12)6-8-18(13)10-5-7-17-14(16)9-10/h2-9H,1H3. The number of esters is 1. The van der Waals surface area contributed by atoms with Crippen LogP contribution in [-0.4, -0.2) is 22.6 Å². The van der Waals surface area contributed by atoms with Gasteiger partial charge in [-0.25, -0.2) is 9.78 Å². The summed E-state index contributed by atoms with van der Waals surface area (Å²) in [5.74, 6) is -0.942. The van der Waals surface area contributed by atoms with Gasteiger partial charge in [0.25, 0.3) is 0 Å². The molecule has 0 aliphatic rings. The molecule has 0 unspecified atom stereocenters. The molecule has 0 atom stereocenters. The molecule has 0 saturated carbocycles. The number of carbonyl (C=O) groups excluding carboxylic acids is 1. The van der Waals surface area contributed by atoms with E-state index >= 15 is 0 Å². The third-order valence-electron chi connectivity index (χ3n) is 3.13. The van der Waals surface area contributed by atoms with Crippen molar-refractivity contribution in [3.8, 4) is 5.69 Å². The number of ether oxygens (including phenoxy) is 1. The summed E-state index contributed by atoms with van der Waals surface area (Å²) in [5.41, 5.74) is 1.94. The summed E-state index contributed by atoms with van der Waals surface area (Å²) >= 11 is 0. The second kappa shape index (κ2) is 4.77. The first-order valence-electron chi connectivity index (χ1n) is 6.01. The van der Waals surface area contributed by atoms with Gasteiger partial charge in [-0.3, -0.25) is 0 Å². The molecule has 1 aromatic carbocycles. The number of carbonyl (C=O) groups is 1. The number of rotatable bonds is 2. The Morgan fingerprint density at radius 1 is 1.30 bits per heavy atom. The minimum atomic E-state index is -0.548. The Bertz CT molecular complexity index is 795. The molecule has 0 saturated heterocycles. The number of hydrogen-bond donors (Lipinski definition) is 0. The molecule has 0 N–H and O–H groups in total. The summed E-state index contributed by atoms with van der Waals surface area (Å²) in [6, 6.07) is 10.2. The van der Waals surface area contributed by atoms with E-state index in [0.29, 0.717) is 11.3 Å². The molecule has 0 aliphatic heterocycles. The van der Waals surface area contributed by atoms with E-state index in [0.717, 1.165) is 10.9 Å². The highest BCUT2D eigenvalue weighted by atomic mass is 19.1. The van der Waals surface area contributed by atoms with E-state index in [-0.39, 0.29) is 0 Å². The Labute approximate surface area is 114 Å². The molecule has 0 fully saturated rings. The lowest BCUT2D eigenvalue weighted by Gasteiger charge is -2.06. The fraction of sp³-hybridized carbons (Fsp3) is 0.0667. The van der Waals surface area contributed by atoms with E-state index in [1.54, 1.807) is 35.0 Å². The van der Waals surface area contributed by atoms with Crippen molar-refractivity contribution >= 4 is 16.9 Å². The zero-order valence-corrected chi connectivity index (χ0v) is 10.7. The van der Waals surface area contributed by atoms with Crippen LogP contribution in [0.5, 0.6) is 0 Å². The SMILES string of the molecule is COC(=O)c1cccc2c1ccn2-c1ccnc(F)c1. The zero-order chi connectivity index (χ0) is 14.1. The van der Waals surface area contributed by atoms with E-state index < -0.39 is 11.9 Å². The molecule has 0 aliphatic carbocycles. The number of nitrogens with zero attached hydrogens (tertiary/aromatic N) is 2. The van der Waals surface area contributed by atoms with Crippen LogP contribution in [0.4, 0.5) is 4.39 Å². The highest BCUT2D eigenvalue weighted by Crippen LogP contribution is 2.24. The lowest BCUT2D eigenvalue weighted by molar-refractivity contribution is 0.0603. The average Bonchev–Trinajstić information content (AvgIpc) is 2.90. The topological polar surface area (TPSA) is 44.1 Å². The van der Waals surface area contributed by atoms with Gasteiger partial charge in [0.05, 0.1) is 23.9 Å². The van der Waals surface area contributed by atoms with Crippen molar-refractivity contribution in [1.29, 1.82) is 0 Å². The van der Waals surface area contributed by atoms with Crippen LogP contribution >= 0.6 is 0 Å². The fourth-order valence-corrected chi connectivity index (χ4v) is 2.22. The third kappa shape index (κ3) is 1.93. The van der Waals surface area contributed by atoms with E-state index in [2.05, 4.69) is 4.98 Å². The van der Waals surface area contributed by atoms with E-state index in [9.17, 15) is 9.18 Å². The maximum Gasteiger partial charge on any atom is 0.338 e. The Balaban J connectivity index is 2.22. The van der Waals surface area contributed by atoms with Crippen molar-refractivity contribution in [2.24, 2.45) is 0 Å². The zero-order valence-electron chi connectivity index (χ0n) is 10.7. The average molecular weight is 270 g/mol. The molecule has 0 bridgehead atoms. The number of methoxy groups -OCH3 is 1. The number of halogens is 1. The van der Waals surface area contributed by atoms with Gasteiger partial charge in [-0.05, 0) is 24.3 Å². The molecule has 0 spiro atoms. The molecule has 4 nitrogen and oxygen atoms in total. The normalized spacial score (nSPS) is 10.7. The quantitative estimate of drug-likeness (QED) is 0.531. The maximum absolute atomic E-state index is 13.2. The van der Waals surface area contributed by atoms with Crippen LogP contribution in [-0.2, 0) is 4.74 Å². The molecule has 2 heterocycles. The lowest BCUT2D eigenvalue weighted by atomic mass is 10.1. The van der Waals surface area contributed by atoms with Crippen LogP contribution in [0, 0.1) is 5.95 Å². The largest absolute Gasteiger partial charge is 0.465 e. The summed E-state index contributed by atoms with van der Waals surface area (Å²) in [4.78, 5) is 15.3. The summed E-state index contributed by atoms with van der Waals surface area (Å²) in [6.45, 7) is 0. The van der Waals surface area contributed by atoms with Crippen molar-refractivity contribution in [3.05, 3.63) is 60.3 Å². The predicted molar refractivity (Wildman–Crippen MR) is 72.4 cm³/mol. The van der Waals surface area contributed by atoms with E-state index in [1.807, 2.05) is 6.07 Å². The van der Waals surface area contributed by atoms with Crippen LogP contribution in [0.1, 0.15) is 10.4 Å². The van der Waals surface area contributed by atoms with Crippen LogP contribution in [0.3, 0.4) is 0 Å². The maximum atomic E-state index is 13.2. The summed E-state index contributed by atoms with van der Waals surface area (Å²) in [5, 5.41) is 0.761. The molecular weight excluding hydrogens is 259 g/mol. The van der Waals surface area contributed by atoms with Gasteiger partial charge in [0.1, 0.15) is 0 Å². The summed E-state index contributed by atoms with van der Waals surface area (Å²) in [7, 11) is 1.34. The number of benzene rings is 1. The molecule has 0 amide bonds. The summed E-state index contributed by atoms with van der Waals surface area (Å²) in [6.07, 6.45) is 3.19. The first kappa shape index (κ1) is 12.3. The van der Waals surface area contributed by atoms with Gasteiger partial charge >= 0.3 is 5.97 Å². The first-order chi connectivity index (χ1) is 9.70. The van der Waals surface area contributed by atoms with Crippen LogP contribution in [0.2, 0.25) is 0 Å². The monoisotopic (exact) mass is 270 g/mol. The number of fused-ring (bicyclic) bond motifs is 1. The van der Waals surface area contributed by atoms with Gasteiger partial charge in [-0.15, -0.1) is 0 Å². The molecule has 2 aromatic heterocycles. The van der Waals surface area contributed by atoms with Gasteiger partial charge in [0, 0.05) is 23.8 Å². The number of aromatic nitrogens is 2. The van der Waals surface area contributed by atoms with Crippen LogP contribution in [0.25, 0.3) is 16.6 Å². The van der Waals surface area contributed by atoms with Gasteiger partial charge in [0.2, 0.25) is 5.95 Å². The Morgan fingerprint density at radius 2 is 2.15 bits per heavy atom. The predicted octanol–water partition coefficient (Wildman–Crippen LogP) is 2.95. The molecular formula is C15H11FN2O2. The molecule has 20 heavy (non-hydrogen) atoms. The molecule has 0 radical (unpaired) electrons. The smallest absolute Gasteiger partial charge is 0.338 e. The Kier molecular flexibility index (Phi) is 2.95. The van der Waals surface area contributed by atoms with Crippen molar-refractivity contribution in [2.75, 3.05) is 7.11 Å². The minimum Gasteiger partial charge on any atom is -0.465 e.